The third-order valence-electron chi connectivity index (χ3n) is 5.37. The number of carbonyl (C=O) groups excluding carboxylic acids is 1. The number of ether oxygens (including phenoxy) is 1. The van der Waals surface area contributed by atoms with E-state index >= 15 is 0 Å². The van der Waals surface area contributed by atoms with E-state index in [4.69, 9.17) is 4.74 Å². The number of carbonyl (C=O) groups is 1. The lowest BCUT2D eigenvalue weighted by Gasteiger charge is -2.34. The highest BCUT2D eigenvalue weighted by molar-refractivity contribution is 8.00. The van der Waals surface area contributed by atoms with Crippen LogP contribution in [-0.4, -0.2) is 62.6 Å². The van der Waals surface area contributed by atoms with Crippen LogP contribution in [0.15, 0.2) is 76.5 Å². The largest absolute Gasteiger partial charge is 0.497 e. The van der Waals surface area contributed by atoms with E-state index in [2.05, 4.69) is 24.3 Å². The van der Waals surface area contributed by atoms with Crippen LogP contribution in [0.5, 0.6) is 5.75 Å². The number of benzene rings is 3. The van der Waals surface area contributed by atoms with Gasteiger partial charge in [0.1, 0.15) is 5.75 Å². The van der Waals surface area contributed by atoms with Crippen LogP contribution in [0, 0.1) is 0 Å². The quantitative estimate of drug-likeness (QED) is 0.532. The zero-order valence-electron chi connectivity index (χ0n) is 17.2. The third-order valence-corrected chi connectivity index (χ3v) is 8.26. The summed E-state index contributed by atoms with van der Waals surface area (Å²) in [5, 5.41) is 2.32. The molecule has 1 fully saturated rings. The van der Waals surface area contributed by atoms with Crippen LogP contribution in [0.2, 0.25) is 0 Å². The molecule has 6 nitrogen and oxygen atoms in total. The molecule has 0 unspecified atom stereocenters. The summed E-state index contributed by atoms with van der Waals surface area (Å²) in [7, 11) is -2.04. The maximum Gasteiger partial charge on any atom is 0.243 e. The lowest BCUT2D eigenvalue weighted by Crippen LogP contribution is -2.50. The Labute approximate surface area is 186 Å². The molecule has 1 heterocycles. The van der Waals surface area contributed by atoms with Gasteiger partial charge in [0.15, 0.2) is 0 Å². The molecule has 1 saturated heterocycles. The summed E-state index contributed by atoms with van der Waals surface area (Å²) >= 11 is 1.51. The van der Waals surface area contributed by atoms with Crippen LogP contribution < -0.4 is 4.74 Å². The molecule has 0 saturated carbocycles. The highest BCUT2D eigenvalue weighted by Crippen LogP contribution is 2.25. The maximum absolute atomic E-state index is 12.9. The van der Waals surface area contributed by atoms with Crippen LogP contribution in [0.4, 0.5) is 0 Å². The number of fused-ring (bicyclic) bond motifs is 1. The molecule has 1 aliphatic heterocycles. The van der Waals surface area contributed by atoms with Crippen molar-refractivity contribution in [3.05, 3.63) is 66.7 Å². The second kappa shape index (κ2) is 9.30. The number of hydrogen-bond acceptors (Lipinski definition) is 5. The van der Waals surface area contributed by atoms with Gasteiger partial charge in [-0.2, -0.15) is 4.31 Å². The van der Waals surface area contributed by atoms with E-state index in [1.165, 1.54) is 28.6 Å². The Morgan fingerprint density at radius 3 is 2.29 bits per heavy atom. The molecule has 3 aromatic rings. The molecule has 162 valence electrons. The van der Waals surface area contributed by atoms with Crippen LogP contribution in [0.25, 0.3) is 10.8 Å². The molecule has 0 N–H and O–H groups in total. The van der Waals surface area contributed by atoms with Crippen LogP contribution >= 0.6 is 11.8 Å². The van der Waals surface area contributed by atoms with E-state index in [1.54, 1.807) is 29.2 Å². The first-order valence-corrected chi connectivity index (χ1v) is 12.4. The van der Waals surface area contributed by atoms with E-state index in [1.807, 2.05) is 18.2 Å². The molecular weight excluding hydrogens is 432 g/mol. The Kier molecular flexibility index (Phi) is 6.50. The second-order valence-electron chi connectivity index (χ2n) is 7.26. The van der Waals surface area contributed by atoms with E-state index in [0.717, 1.165) is 10.3 Å². The van der Waals surface area contributed by atoms with Gasteiger partial charge < -0.3 is 9.64 Å². The summed E-state index contributed by atoms with van der Waals surface area (Å²) in [6.07, 6.45) is 0. The van der Waals surface area contributed by atoms with Crippen LogP contribution in [0.1, 0.15) is 0 Å². The Bertz CT molecular complexity index is 1170. The average Bonchev–Trinajstić information content (AvgIpc) is 2.82. The number of sulfonamides is 1. The number of rotatable bonds is 6. The first-order valence-electron chi connectivity index (χ1n) is 10.0. The number of thioether (sulfide) groups is 1. The van der Waals surface area contributed by atoms with Crippen LogP contribution in [0.3, 0.4) is 0 Å². The monoisotopic (exact) mass is 456 g/mol. The summed E-state index contributed by atoms with van der Waals surface area (Å²) in [6, 6.07) is 20.7. The Balaban J connectivity index is 1.32. The number of amides is 1. The van der Waals surface area contributed by atoms with Gasteiger partial charge in [-0.3, -0.25) is 4.79 Å². The molecule has 0 bridgehead atoms. The van der Waals surface area contributed by atoms with Gasteiger partial charge in [-0.25, -0.2) is 8.42 Å². The van der Waals surface area contributed by atoms with Crippen molar-refractivity contribution in [1.82, 2.24) is 9.21 Å². The van der Waals surface area contributed by atoms with Crippen molar-refractivity contribution in [3.63, 3.8) is 0 Å². The minimum absolute atomic E-state index is 0.0275. The summed E-state index contributed by atoms with van der Waals surface area (Å²) in [5.74, 6) is 0.974. The Morgan fingerprint density at radius 2 is 1.61 bits per heavy atom. The summed E-state index contributed by atoms with van der Waals surface area (Å²) in [6.45, 7) is 1.38. The molecule has 31 heavy (non-hydrogen) atoms. The van der Waals surface area contributed by atoms with Gasteiger partial charge in [-0.1, -0.05) is 30.3 Å². The summed E-state index contributed by atoms with van der Waals surface area (Å²) < 4.78 is 32.2. The van der Waals surface area contributed by atoms with Gasteiger partial charge in [0.05, 0.1) is 17.8 Å². The van der Waals surface area contributed by atoms with Gasteiger partial charge in [0.2, 0.25) is 15.9 Å². The number of hydrogen-bond donors (Lipinski definition) is 0. The van der Waals surface area contributed by atoms with Crippen molar-refractivity contribution in [2.75, 3.05) is 39.0 Å². The maximum atomic E-state index is 12.9. The molecule has 0 aromatic heterocycles. The normalized spacial score (nSPS) is 15.2. The first kappa shape index (κ1) is 21.7. The fourth-order valence-corrected chi connectivity index (χ4v) is 5.84. The minimum atomic E-state index is -3.58. The highest BCUT2D eigenvalue weighted by Gasteiger charge is 2.30. The van der Waals surface area contributed by atoms with Crippen molar-refractivity contribution in [2.24, 2.45) is 0 Å². The minimum Gasteiger partial charge on any atom is -0.497 e. The predicted molar refractivity (Wildman–Crippen MR) is 123 cm³/mol. The fraction of sp³-hybridized carbons (Fsp3) is 0.261. The molecule has 0 spiro atoms. The Hall–Kier alpha value is -2.55. The third kappa shape index (κ3) is 4.87. The zero-order chi connectivity index (χ0) is 21.8. The van der Waals surface area contributed by atoms with E-state index in [0.29, 0.717) is 37.7 Å². The van der Waals surface area contributed by atoms with Gasteiger partial charge in [0.25, 0.3) is 0 Å². The zero-order valence-corrected chi connectivity index (χ0v) is 18.9. The molecular formula is C23H24N2O4S2. The molecule has 1 aliphatic rings. The lowest BCUT2D eigenvalue weighted by molar-refractivity contribution is -0.129. The molecule has 0 atom stereocenters. The van der Waals surface area contributed by atoms with Gasteiger partial charge in [0, 0.05) is 31.1 Å². The van der Waals surface area contributed by atoms with E-state index in [-0.39, 0.29) is 10.8 Å². The van der Waals surface area contributed by atoms with Crippen molar-refractivity contribution in [2.45, 2.75) is 9.79 Å². The molecule has 0 radical (unpaired) electrons. The topological polar surface area (TPSA) is 66.9 Å². The molecule has 4 rings (SSSR count). The predicted octanol–water partition coefficient (Wildman–Crippen LogP) is 3.47. The second-order valence-corrected chi connectivity index (χ2v) is 10.2. The smallest absolute Gasteiger partial charge is 0.243 e. The van der Waals surface area contributed by atoms with E-state index < -0.39 is 10.0 Å². The molecule has 3 aromatic carbocycles. The van der Waals surface area contributed by atoms with Crippen molar-refractivity contribution in [1.29, 1.82) is 0 Å². The van der Waals surface area contributed by atoms with Crippen LogP contribution in [-0.2, 0) is 14.8 Å². The van der Waals surface area contributed by atoms with Crippen molar-refractivity contribution >= 4 is 38.5 Å². The number of methoxy groups -OCH3 is 1. The molecule has 0 aliphatic carbocycles. The highest BCUT2D eigenvalue weighted by atomic mass is 32.2. The molecule has 1 amide bonds. The summed E-state index contributed by atoms with van der Waals surface area (Å²) in [4.78, 5) is 15.7. The number of nitrogens with zero attached hydrogens (tertiary/aromatic N) is 2. The van der Waals surface area contributed by atoms with Gasteiger partial charge in [-0.15, -0.1) is 11.8 Å². The Morgan fingerprint density at radius 1 is 0.935 bits per heavy atom. The lowest BCUT2D eigenvalue weighted by atomic mass is 10.1. The van der Waals surface area contributed by atoms with Gasteiger partial charge >= 0.3 is 0 Å². The fourth-order valence-electron chi connectivity index (χ4n) is 3.57. The van der Waals surface area contributed by atoms with Crippen molar-refractivity contribution < 1.29 is 17.9 Å². The average molecular weight is 457 g/mol. The SMILES string of the molecule is COc1ccc(S(=O)(=O)N2CCN(C(=O)CSc3ccc4ccccc4c3)CC2)cc1. The van der Waals surface area contributed by atoms with Crippen molar-refractivity contribution in [3.8, 4) is 5.75 Å². The number of piperazine rings is 1. The summed E-state index contributed by atoms with van der Waals surface area (Å²) in [5.41, 5.74) is 0. The first-order chi connectivity index (χ1) is 15.0. The standard InChI is InChI=1S/C23H24N2O4S2/c1-29-20-7-10-22(11-8-20)31(27,28)25-14-12-24(13-15-25)23(26)17-30-21-9-6-18-4-2-3-5-19(18)16-21/h2-11,16H,12-15,17H2,1H3. The van der Waals surface area contributed by atoms with E-state index in [9.17, 15) is 13.2 Å². The van der Waals surface area contributed by atoms with Gasteiger partial charge in [-0.05, 0) is 47.2 Å². The molecule has 8 heteroatoms.